The second kappa shape index (κ2) is 9.03. The van der Waals surface area contributed by atoms with Gasteiger partial charge in [0.15, 0.2) is 0 Å². The Morgan fingerprint density at radius 1 is 1.31 bits per heavy atom. The molecule has 1 aliphatic rings. The van der Waals surface area contributed by atoms with Gasteiger partial charge < -0.3 is 5.32 Å². The zero-order valence-electron chi connectivity index (χ0n) is 20.6. The van der Waals surface area contributed by atoms with Gasteiger partial charge in [-0.2, -0.15) is 0 Å². The van der Waals surface area contributed by atoms with Crippen LogP contribution in [0.2, 0.25) is 0 Å². The summed E-state index contributed by atoms with van der Waals surface area (Å²) >= 11 is 0. The smallest absolute Gasteiger partial charge is 0.228 e. The third-order valence-corrected chi connectivity index (χ3v) is 5.40. The lowest BCUT2D eigenvalue weighted by molar-refractivity contribution is -0.115. The monoisotopic (exact) mass is 361 g/mol. The number of hydrogen-bond acceptors (Lipinski definition) is 2. The lowest BCUT2D eigenvalue weighted by Crippen LogP contribution is -2.42. The fourth-order valence-corrected chi connectivity index (χ4v) is 3.90. The fraction of sp³-hybridized carbons (Fsp3) is 0.696. The molecule has 0 saturated carbocycles. The molecule has 146 valence electrons. The van der Waals surface area contributed by atoms with E-state index in [9.17, 15) is 8.91 Å². The molecule has 2 rings (SSSR count). The van der Waals surface area contributed by atoms with Gasteiger partial charge in [-0.05, 0) is 87.7 Å². The van der Waals surface area contributed by atoms with Crippen molar-refractivity contribution in [3.05, 3.63) is 28.3 Å². The van der Waals surface area contributed by atoms with E-state index in [1.54, 1.807) is 6.92 Å². The number of rotatable bonds is 9. The molecule has 3 nitrogen and oxygen atoms in total. The third kappa shape index (κ3) is 4.88. The summed E-state index contributed by atoms with van der Waals surface area (Å²) in [6.07, 6.45) is 1.09. The van der Waals surface area contributed by atoms with Gasteiger partial charge in [-0.25, -0.2) is 0 Å². The predicted molar refractivity (Wildman–Crippen MR) is 112 cm³/mol. The van der Waals surface area contributed by atoms with E-state index >= 15 is 0 Å². The molecule has 0 aromatic heterocycles. The van der Waals surface area contributed by atoms with Crippen molar-refractivity contribution in [1.82, 2.24) is 4.90 Å². The van der Waals surface area contributed by atoms with E-state index in [1.807, 2.05) is 24.8 Å². The van der Waals surface area contributed by atoms with E-state index in [2.05, 4.69) is 33.0 Å². The number of benzene rings is 1. The van der Waals surface area contributed by atoms with Crippen molar-refractivity contribution in [2.45, 2.75) is 92.6 Å². The number of nitrogens with zero attached hydrogens (tertiary/aromatic N) is 1. The fourth-order valence-electron chi connectivity index (χ4n) is 3.90. The van der Waals surface area contributed by atoms with Gasteiger partial charge >= 0.3 is 0 Å². The molecule has 0 aliphatic carbocycles. The minimum atomic E-state index is -1.93. The van der Waals surface area contributed by atoms with Crippen LogP contribution in [0.4, 0.5) is 5.69 Å². The molecular formula is C23H38N2O. The molecule has 0 fully saturated rings. The largest absolute Gasteiger partial charge is 0.326 e. The Morgan fingerprint density at radius 3 is 2.62 bits per heavy atom. The molecule has 1 aromatic carbocycles. The van der Waals surface area contributed by atoms with Gasteiger partial charge in [-0.1, -0.05) is 27.2 Å². The maximum Gasteiger partial charge on any atom is 0.228 e. The van der Waals surface area contributed by atoms with Gasteiger partial charge in [0.25, 0.3) is 0 Å². The van der Waals surface area contributed by atoms with Gasteiger partial charge in [0.1, 0.15) is 0 Å². The first kappa shape index (κ1) is 16.8. The third-order valence-electron chi connectivity index (χ3n) is 5.40. The first-order valence-electron chi connectivity index (χ1n) is 11.5. The van der Waals surface area contributed by atoms with Crippen molar-refractivity contribution in [2.24, 2.45) is 5.92 Å². The zero-order chi connectivity index (χ0) is 22.1. The highest BCUT2D eigenvalue weighted by Crippen LogP contribution is 2.33. The summed E-state index contributed by atoms with van der Waals surface area (Å²) in [6, 6.07) is 0.554. The van der Waals surface area contributed by atoms with E-state index in [1.165, 1.54) is 0 Å². The molecule has 1 aromatic rings. The van der Waals surface area contributed by atoms with E-state index in [0.717, 1.165) is 30.4 Å². The Labute approximate surface area is 164 Å². The summed E-state index contributed by atoms with van der Waals surface area (Å²) in [4.78, 5) is 14.1. The number of hydrogen-bond donors (Lipinski definition) is 1. The van der Waals surface area contributed by atoms with Crippen LogP contribution in [-0.2, 0) is 17.6 Å². The van der Waals surface area contributed by atoms with Gasteiger partial charge in [-0.3, -0.25) is 9.69 Å². The quantitative estimate of drug-likeness (QED) is 0.650. The van der Waals surface area contributed by atoms with Crippen molar-refractivity contribution < 1.29 is 8.91 Å². The van der Waals surface area contributed by atoms with Crippen LogP contribution in [-0.4, -0.2) is 29.4 Å². The standard InChI is InChI=1S/C23H38N2O/c1-8-9-10-25(17(5)11-15(2)3)18(6)13-20-19(7)16(4)12-22-21(20)14-23(26)24-22/h12,15,17-18H,8-11,13-14H2,1-7H3,(H,24,26)/i13D2,18D. The van der Waals surface area contributed by atoms with Crippen LogP contribution in [0.3, 0.4) is 0 Å². The number of aryl methyl sites for hydroxylation is 1. The summed E-state index contributed by atoms with van der Waals surface area (Å²) in [5.41, 5.74) is 3.71. The van der Waals surface area contributed by atoms with Gasteiger partial charge in [-0.15, -0.1) is 0 Å². The molecule has 1 N–H and O–H groups in total. The molecule has 1 amide bonds. The number of carbonyl (C=O) groups excluding carboxylic acids is 1. The first-order chi connectivity index (χ1) is 13.3. The zero-order valence-corrected chi connectivity index (χ0v) is 17.6. The minimum absolute atomic E-state index is 0.0945. The van der Waals surface area contributed by atoms with E-state index < -0.39 is 12.4 Å². The van der Waals surface area contributed by atoms with Crippen molar-refractivity contribution in [3.8, 4) is 0 Å². The van der Waals surface area contributed by atoms with E-state index in [4.69, 9.17) is 0 Å². The average molecular weight is 362 g/mol. The van der Waals surface area contributed by atoms with Crippen molar-refractivity contribution in [1.29, 1.82) is 0 Å². The number of carbonyl (C=O) groups is 1. The average Bonchev–Trinajstić information content (AvgIpc) is 2.94. The molecule has 0 spiro atoms. The Balaban J connectivity index is 2.58. The second-order valence-electron chi connectivity index (χ2n) is 8.18. The van der Waals surface area contributed by atoms with Crippen molar-refractivity contribution in [2.75, 3.05) is 11.9 Å². The van der Waals surface area contributed by atoms with Crippen molar-refractivity contribution in [3.63, 3.8) is 0 Å². The van der Waals surface area contributed by atoms with Gasteiger partial charge in [0.2, 0.25) is 5.91 Å². The highest BCUT2D eigenvalue weighted by Gasteiger charge is 2.27. The SMILES string of the molecule is [2H]C([2H])(c1c(C)c(C)cc2c1CC(=O)N2)C([2H])(C)N(CCCC)C(C)CC(C)C. The number of unbranched alkanes of at least 4 members (excludes halogenated alkanes) is 1. The van der Waals surface area contributed by atoms with Crippen LogP contribution in [0.1, 0.15) is 80.2 Å². The normalized spacial score (nSPS) is 19.6. The molecule has 0 bridgehead atoms. The molecular weight excluding hydrogens is 320 g/mol. The summed E-state index contributed by atoms with van der Waals surface area (Å²) < 4.78 is 27.7. The van der Waals surface area contributed by atoms with Gasteiger partial charge in [0, 0.05) is 21.9 Å². The molecule has 26 heavy (non-hydrogen) atoms. The van der Waals surface area contributed by atoms with Crippen LogP contribution in [0.5, 0.6) is 0 Å². The number of amides is 1. The highest BCUT2D eigenvalue weighted by atomic mass is 16.1. The molecule has 1 aliphatic heterocycles. The topological polar surface area (TPSA) is 32.3 Å². The van der Waals surface area contributed by atoms with Crippen LogP contribution in [0.15, 0.2) is 6.07 Å². The Morgan fingerprint density at radius 2 is 2.00 bits per heavy atom. The number of nitrogens with one attached hydrogen (secondary N) is 1. The molecule has 0 radical (unpaired) electrons. The minimum Gasteiger partial charge on any atom is -0.326 e. The molecule has 2 unspecified atom stereocenters. The van der Waals surface area contributed by atoms with E-state index in [0.29, 0.717) is 29.3 Å². The Bertz CT molecular complexity index is 759. The van der Waals surface area contributed by atoms with Crippen LogP contribution in [0.25, 0.3) is 0 Å². The number of fused-ring (bicyclic) bond motifs is 1. The summed E-state index contributed by atoms with van der Waals surface area (Å²) in [5, 5.41) is 2.86. The summed E-state index contributed by atoms with van der Waals surface area (Å²) in [5.74, 6) is 0.368. The predicted octanol–water partition coefficient (Wildman–Crippen LogP) is 5.27. The highest BCUT2D eigenvalue weighted by molar-refractivity contribution is 6.00. The van der Waals surface area contributed by atoms with E-state index in [-0.39, 0.29) is 18.4 Å². The van der Waals surface area contributed by atoms with Crippen LogP contribution >= 0.6 is 0 Å². The summed E-state index contributed by atoms with van der Waals surface area (Å²) in [7, 11) is 0. The Kier molecular flexibility index (Phi) is 5.84. The molecule has 1 heterocycles. The lowest BCUT2D eigenvalue weighted by atomic mass is 9.90. The second-order valence-corrected chi connectivity index (χ2v) is 8.18. The van der Waals surface area contributed by atoms with Crippen LogP contribution < -0.4 is 5.32 Å². The van der Waals surface area contributed by atoms with Gasteiger partial charge in [0.05, 0.1) is 6.42 Å². The maximum atomic E-state index is 12.1. The lowest BCUT2D eigenvalue weighted by Gasteiger charge is -2.36. The van der Waals surface area contributed by atoms with Crippen molar-refractivity contribution >= 4 is 11.6 Å². The maximum absolute atomic E-state index is 12.1. The molecule has 0 saturated heterocycles. The van der Waals surface area contributed by atoms with Crippen LogP contribution in [0, 0.1) is 19.8 Å². The summed E-state index contributed by atoms with van der Waals surface area (Å²) in [6.45, 7) is 14.8. The Hall–Kier alpha value is -1.35. The number of anilines is 1. The molecule has 3 heteroatoms. The first-order valence-corrected chi connectivity index (χ1v) is 10.0. The molecule has 2 atom stereocenters.